The fourth-order valence-corrected chi connectivity index (χ4v) is 3.44. The third-order valence-electron chi connectivity index (χ3n) is 4.09. The molecule has 1 heterocycles. The number of aromatic nitrogens is 1. The summed E-state index contributed by atoms with van der Waals surface area (Å²) in [6.45, 7) is 1.58. The zero-order chi connectivity index (χ0) is 19.9. The van der Waals surface area contributed by atoms with E-state index in [2.05, 4.69) is 26.2 Å². The lowest BCUT2D eigenvalue weighted by Gasteiger charge is -2.17. The highest BCUT2D eigenvalue weighted by atomic mass is 79.9. The van der Waals surface area contributed by atoms with Crippen LogP contribution in [0, 0.1) is 0 Å². The van der Waals surface area contributed by atoms with Gasteiger partial charge in [-0.3, -0.25) is 4.98 Å². The van der Waals surface area contributed by atoms with Crippen LogP contribution in [0.25, 0.3) is 0 Å². The van der Waals surface area contributed by atoms with E-state index in [-0.39, 0.29) is 0 Å². The highest BCUT2D eigenvalue weighted by Gasteiger charge is 2.15. The van der Waals surface area contributed by atoms with E-state index in [4.69, 9.17) is 32.7 Å². The average Bonchev–Trinajstić information content (AvgIpc) is 2.71. The van der Waals surface area contributed by atoms with Crippen molar-refractivity contribution in [2.24, 2.45) is 0 Å². The number of nitrogens with zero attached hydrogens (tertiary/aromatic N) is 1. The van der Waals surface area contributed by atoms with Gasteiger partial charge in [0.25, 0.3) is 0 Å². The predicted octanol–water partition coefficient (Wildman–Crippen LogP) is 6.03. The van der Waals surface area contributed by atoms with Gasteiger partial charge in [0.15, 0.2) is 11.5 Å². The Labute approximate surface area is 182 Å². The van der Waals surface area contributed by atoms with Gasteiger partial charge in [0.2, 0.25) is 0 Å². The Morgan fingerprint density at radius 1 is 1.04 bits per heavy atom. The maximum Gasteiger partial charge on any atom is 0.167 e. The molecule has 0 saturated carbocycles. The van der Waals surface area contributed by atoms with Crippen molar-refractivity contribution in [2.45, 2.75) is 19.7 Å². The summed E-state index contributed by atoms with van der Waals surface area (Å²) in [7, 11) is 1.63. The van der Waals surface area contributed by atoms with Gasteiger partial charge in [-0.05, 0) is 42.0 Å². The molecule has 146 valence electrons. The molecule has 0 fully saturated rings. The van der Waals surface area contributed by atoms with Crippen molar-refractivity contribution in [2.75, 3.05) is 7.11 Å². The van der Waals surface area contributed by atoms with E-state index in [1.165, 1.54) is 0 Å². The summed E-state index contributed by atoms with van der Waals surface area (Å²) in [6.07, 6.45) is 1.78. The van der Waals surface area contributed by atoms with Crippen LogP contribution in [0.5, 0.6) is 11.5 Å². The minimum atomic E-state index is 0.344. The SMILES string of the molecule is COc1ccc(Br)c(CNCc2ccccn2)c1OCc1ccc(Cl)c(Cl)c1. The Bertz CT molecular complexity index is 939. The minimum Gasteiger partial charge on any atom is -0.493 e. The quantitative estimate of drug-likeness (QED) is 0.426. The summed E-state index contributed by atoms with van der Waals surface area (Å²) in [5.74, 6) is 1.34. The van der Waals surface area contributed by atoms with E-state index in [1.54, 1.807) is 25.4 Å². The molecule has 2 aromatic carbocycles. The molecule has 0 radical (unpaired) electrons. The smallest absolute Gasteiger partial charge is 0.167 e. The van der Waals surface area contributed by atoms with Gasteiger partial charge < -0.3 is 14.8 Å². The second-order valence-electron chi connectivity index (χ2n) is 6.02. The summed E-state index contributed by atoms with van der Waals surface area (Å²) in [5, 5.41) is 4.42. The van der Waals surface area contributed by atoms with Crippen molar-refractivity contribution in [1.29, 1.82) is 0 Å². The molecule has 0 aliphatic rings. The standard InChI is InChI=1S/C21H19BrCl2N2O2/c1-27-20-8-6-17(22)16(12-25-11-15-4-2-3-9-26-15)21(20)28-13-14-5-7-18(23)19(24)10-14/h2-10,25H,11-13H2,1H3. The van der Waals surface area contributed by atoms with E-state index < -0.39 is 0 Å². The lowest BCUT2D eigenvalue weighted by molar-refractivity contribution is 0.280. The van der Waals surface area contributed by atoms with Crippen LogP contribution in [0.2, 0.25) is 10.0 Å². The number of benzene rings is 2. The van der Waals surface area contributed by atoms with Crippen LogP contribution >= 0.6 is 39.1 Å². The Morgan fingerprint density at radius 2 is 1.89 bits per heavy atom. The number of hydrogen-bond donors (Lipinski definition) is 1. The molecule has 0 spiro atoms. The minimum absolute atomic E-state index is 0.344. The first-order valence-corrected chi connectivity index (χ1v) is 10.2. The molecule has 1 N–H and O–H groups in total. The average molecular weight is 482 g/mol. The van der Waals surface area contributed by atoms with Crippen LogP contribution in [-0.2, 0) is 19.7 Å². The molecule has 4 nitrogen and oxygen atoms in total. The van der Waals surface area contributed by atoms with E-state index in [9.17, 15) is 0 Å². The van der Waals surface area contributed by atoms with Crippen LogP contribution in [0.1, 0.15) is 16.8 Å². The number of halogens is 3. The molecule has 3 rings (SSSR count). The van der Waals surface area contributed by atoms with Crippen molar-refractivity contribution in [1.82, 2.24) is 10.3 Å². The Kier molecular flexibility index (Phi) is 7.57. The van der Waals surface area contributed by atoms with Gasteiger partial charge in [-0.2, -0.15) is 0 Å². The lowest BCUT2D eigenvalue weighted by atomic mass is 10.1. The summed E-state index contributed by atoms with van der Waals surface area (Å²) >= 11 is 15.7. The molecular formula is C21H19BrCl2N2O2. The first kappa shape index (κ1) is 20.9. The number of nitrogens with one attached hydrogen (secondary N) is 1. The van der Waals surface area contributed by atoms with Gasteiger partial charge in [-0.25, -0.2) is 0 Å². The molecule has 0 aliphatic carbocycles. The summed E-state index contributed by atoms with van der Waals surface area (Å²) in [6, 6.07) is 15.1. The summed E-state index contributed by atoms with van der Waals surface area (Å²) in [5.41, 5.74) is 2.86. The van der Waals surface area contributed by atoms with Crippen LogP contribution in [0.15, 0.2) is 59.2 Å². The molecule has 3 aromatic rings. The molecule has 0 atom stereocenters. The fraction of sp³-hybridized carbons (Fsp3) is 0.190. The van der Waals surface area contributed by atoms with E-state index in [0.717, 1.165) is 21.3 Å². The topological polar surface area (TPSA) is 43.4 Å². The van der Waals surface area contributed by atoms with E-state index in [0.29, 0.717) is 41.2 Å². The second-order valence-corrected chi connectivity index (χ2v) is 7.69. The Morgan fingerprint density at radius 3 is 2.61 bits per heavy atom. The molecule has 1 aromatic heterocycles. The highest BCUT2D eigenvalue weighted by Crippen LogP contribution is 2.37. The highest BCUT2D eigenvalue weighted by molar-refractivity contribution is 9.10. The van der Waals surface area contributed by atoms with Crippen molar-refractivity contribution in [3.63, 3.8) is 0 Å². The van der Waals surface area contributed by atoms with Crippen molar-refractivity contribution in [3.05, 3.63) is 86.1 Å². The molecular weight excluding hydrogens is 463 g/mol. The Hall–Kier alpha value is -1.79. The first-order valence-electron chi connectivity index (χ1n) is 8.61. The lowest BCUT2D eigenvalue weighted by Crippen LogP contribution is -2.15. The summed E-state index contributed by atoms with van der Waals surface area (Å²) < 4.78 is 12.6. The van der Waals surface area contributed by atoms with Gasteiger partial charge in [0.05, 0.1) is 22.8 Å². The number of hydrogen-bond acceptors (Lipinski definition) is 4. The second kappa shape index (κ2) is 10.1. The third kappa shape index (κ3) is 5.39. The van der Waals surface area contributed by atoms with Gasteiger partial charge in [0.1, 0.15) is 6.61 Å². The maximum atomic E-state index is 6.11. The normalized spacial score (nSPS) is 10.7. The molecule has 0 unspecified atom stereocenters. The summed E-state index contributed by atoms with van der Waals surface area (Å²) in [4.78, 5) is 4.33. The molecule has 0 amide bonds. The maximum absolute atomic E-state index is 6.11. The fourth-order valence-electron chi connectivity index (χ4n) is 2.67. The molecule has 28 heavy (non-hydrogen) atoms. The number of rotatable bonds is 8. The van der Waals surface area contributed by atoms with Crippen molar-refractivity contribution < 1.29 is 9.47 Å². The molecule has 0 bridgehead atoms. The zero-order valence-electron chi connectivity index (χ0n) is 15.2. The van der Waals surface area contributed by atoms with Gasteiger partial charge in [-0.1, -0.05) is 51.3 Å². The number of ether oxygens (including phenoxy) is 2. The first-order chi connectivity index (χ1) is 13.6. The van der Waals surface area contributed by atoms with Gasteiger partial charge >= 0.3 is 0 Å². The van der Waals surface area contributed by atoms with Crippen LogP contribution in [0.4, 0.5) is 0 Å². The molecule has 7 heteroatoms. The largest absolute Gasteiger partial charge is 0.493 e. The van der Waals surface area contributed by atoms with E-state index in [1.807, 2.05) is 36.4 Å². The monoisotopic (exact) mass is 480 g/mol. The molecule has 0 saturated heterocycles. The van der Waals surface area contributed by atoms with Crippen molar-refractivity contribution in [3.8, 4) is 11.5 Å². The van der Waals surface area contributed by atoms with E-state index >= 15 is 0 Å². The van der Waals surface area contributed by atoms with Crippen LogP contribution in [0.3, 0.4) is 0 Å². The zero-order valence-corrected chi connectivity index (χ0v) is 18.3. The Balaban J connectivity index is 1.76. The number of methoxy groups -OCH3 is 1. The van der Waals surface area contributed by atoms with Crippen LogP contribution in [-0.4, -0.2) is 12.1 Å². The van der Waals surface area contributed by atoms with Crippen LogP contribution < -0.4 is 14.8 Å². The molecule has 0 aliphatic heterocycles. The predicted molar refractivity (Wildman–Crippen MR) is 116 cm³/mol. The van der Waals surface area contributed by atoms with Gasteiger partial charge in [0, 0.05) is 29.3 Å². The van der Waals surface area contributed by atoms with Gasteiger partial charge in [-0.15, -0.1) is 0 Å². The third-order valence-corrected chi connectivity index (χ3v) is 5.57. The van der Waals surface area contributed by atoms with Crippen molar-refractivity contribution >= 4 is 39.1 Å². The number of pyridine rings is 1.